The van der Waals surface area contributed by atoms with E-state index in [-0.39, 0.29) is 0 Å². The predicted octanol–water partition coefficient (Wildman–Crippen LogP) is 3.90. The molecule has 0 bridgehead atoms. The normalized spacial score (nSPS) is 10.6. The van der Waals surface area contributed by atoms with E-state index in [9.17, 15) is 4.79 Å². The summed E-state index contributed by atoms with van der Waals surface area (Å²) in [6.45, 7) is 2.20. The zero-order chi connectivity index (χ0) is 12.1. The minimum atomic E-state index is -0.663. The van der Waals surface area contributed by atoms with E-state index in [1.54, 1.807) is 0 Å². The molecular weight excluding hydrogens is 240 g/mol. The maximum atomic E-state index is 10.3. The van der Waals surface area contributed by atoms with Gasteiger partial charge in [-0.05, 0) is 24.3 Å². The molecule has 0 heterocycles. The summed E-state index contributed by atoms with van der Waals surface area (Å²) in [4.78, 5) is 10.3. The minimum Gasteiger partial charge on any atom is -0.481 e. The lowest BCUT2D eigenvalue weighted by atomic mass is 10.1. The van der Waals surface area contributed by atoms with Crippen LogP contribution in [0, 0.1) is 0 Å². The maximum Gasteiger partial charge on any atom is 0.303 e. The molecule has 0 aliphatic heterocycles. The molecular formula is C12H24O2S2. The average Bonchev–Trinajstić information content (AvgIpc) is 2.25. The molecule has 0 aliphatic rings. The number of carboxylic acids is 1. The van der Waals surface area contributed by atoms with Crippen molar-refractivity contribution in [2.24, 2.45) is 0 Å². The van der Waals surface area contributed by atoms with E-state index in [1.807, 2.05) is 23.5 Å². The van der Waals surface area contributed by atoms with Crippen molar-refractivity contribution in [2.45, 2.75) is 45.4 Å². The van der Waals surface area contributed by atoms with Gasteiger partial charge in [-0.3, -0.25) is 4.79 Å². The number of carbonyl (C=O) groups is 1. The van der Waals surface area contributed by atoms with E-state index < -0.39 is 5.97 Å². The second-order valence-electron chi connectivity index (χ2n) is 3.72. The highest BCUT2D eigenvalue weighted by molar-refractivity contribution is 8.02. The molecule has 0 aromatic rings. The van der Waals surface area contributed by atoms with Crippen molar-refractivity contribution >= 4 is 29.5 Å². The summed E-state index contributed by atoms with van der Waals surface area (Å²) >= 11 is 4.06. The van der Waals surface area contributed by atoms with Gasteiger partial charge in [0.1, 0.15) is 0 Å². The molecule has 0 unspecified atom stereocenters. The zero-order valence-electron chi connectivity index (χ0n) is 10.2. The number of thioether (sulfide) groups is 2. The van der Waals surface area contributed by atoms with Crippen LogP contribution in [0.5, 0.6) is 0 Å². The molecule has 0 fully saturated rings. The standard InChI is InChI=1S/C12H24O2S2/c1-2-15-10-11-16-9-7-5-3-4-6-8-12(13)14/h2-11H2,1H3,(H,13,14). The molecule has 16 heavy (non-hydrogen) atoms. The van der Waals surface area contributed by atoms with Crippen molar-refractivity contribution in [3.05, 3.63) is 0 Å². The van der Waals surface area contributed by atoms with Crippen molar-refractivity contribution in [3.8, 4) is 0 Å². The topological polar surface area (TPSA) is 37.3 Å². The van der Waals surface area contributed by atoms with Crippen molar-refractivity contribution in [3.63, 3.8) is 0 Å². The summed E-state index contributed by atoms with van der Waals surface area (Å²) in [5, 5.41) is 8.45. The third-order valence-electron chi connectivity index (χ3n) is 2.26. The van der Waals surface area contributed by atoms with Crippen LogP contribution in [0.15, 0.2) is 0 Å². The molecule has 0 aliphatic carbocycles. The van der Waals surface area contributed by atoms with Crippen LogP contribution in [-0.4, -0.2) is 34.1 Å². The third kappa shape index (κ3) is 14.2. The van der Waals surface area contributed by atoms with E-state index in [4.69, 9.17) is 5.11 Å². The Morgan fingerprint density at radius 2 is 1.56 bits per heavy atom. The molecule has 0 aromatic heterocycles. The van der Waals surface area contributed by atoms with Gasteiger partial charge in [-0.15, -0.1) is 0 Å². The Bertz CT molecular complexity index is 163. The van der Waals surface area contributed by atoms with Crippen molar-refractivity contribution < 1.29 is 9.90 Å². The van der Waals surface area contributed by atoms with E-state index in [0.717, 1.165) is 12.8 Å². The number of hydrogen-bond donors (Lipinski definition) is 1. The minimum absolute atomic E-state index is 0.336. The van der Waals surface area contributed by atoms with Crippen LogP contribution < -0.4 is 0 Å². The van der Waals surface area contributed by atoms with Crippen LogP contribution in [0.3, 0.4) is 0 Å². The molecule has 0 spiro atoms. The Labute approximate surface area is 108 Å². The van der Waals surface area contributed by atoms with E-state index in [2.05, 4.69) is 6.92 Å². The fourth-order valence-corrected chi connectivity index (χ4v) is 3.22. The highest BCUT2D eigenvalue weighted by Crippen LogP contribution is 2.11. The third-order valence-corrected chi connectivity index (χ3v) is 4.49. The Morgan fingerprint density at radius 3 is 2.25 bits per heavy atom. The first-order valence-corrected chi connectivity index (χ1v) is 8.45. The molecule has 96 valence electrons. The molecule has 0 amide bonds. The van der Waals surface area contributed by atoms with Gasteiger partial charge in [0.25, 0.3) is 0 Å². The van der Waals surface area contributed by atoms with Crippen LogP contribution in [0.25, 0.3) is 0 Å². The average molecular weight is 264 g/mol. The van der Waals surface area contributed by atoms with Crippen LogP contribution in [-0.2, 0) is 4.79 Å². The SMILES string of the molecule is CCSCCSCCCCCCCC(=O)O. The molecule has 2 nitrogen and oxygen atoms in total. The summed E-state index contributed by atoms with van der Waals surface area (Å²) in [6.07, 6.45) is 5.99. The van der Waals surface area contributed by atoms with Gasteiger partial charge < -0.3 is 5.11 Å². The number of unbranched alkanes of at least 4 members (excludes halogenated alkanes) is 4. The van der Waals surface area contributed by atoms with Crippen molar-refractivity contribution in [1.82, 2.24) is 0 Å². The van der Waals surface area contributed by atoms with Gasteiger partial charge in [-0.25, -0.2) is 0 Å². The van der Waals surface area contributed by atoms with E-state index in [0.29, 0.717) is 6.42 Å². The van der Waals surface area contributed by atoms with Gasteiger partial charge >= 0.3 is 5.97 Å². The summed E-state index contributed by atoms with van der Waals surface area (Å²) in [5.41, 5.74) is 0. The van der Waals surface area contributed by atoms with Gasteiger partial charge in [0.05, 0.1) is 0 Å². The van der Waals surface area contributed by atoms with Gasteiger partial charge in [-0.1, -0.05) is 26.2 Å². The van der Waals surface area contributed by atoms with Crippen LogP contribution >= 0.6 is 23.5 Å². The first-order valence-electron chi connectivity index (χ1n) is 6.14. The van der Waals surface area contributed by atoms with Gasteiger partial charge in [0, 0.05) is 17.9 Å². The van der Waals surface area contributed by atoms with Gasteiger partial charge in [-0.2, -0.15) is 23.5 Å². The molecule has 1 N–H and O–H groups in total. The largest absolute Gasteiger partial charge is 0.481 e. The van der Waals surface area contributed by atoms with Gasteiger partial charge in [0.15, 0.2) is 0 Å². The molecule has 0 rings (SSSR count). The fraction of sp³-hybridized carbons (Fsp3) is 0.917. The van der Waals surface area contributed by atoms with Crippen molar-refractivity contribution in [2.75, 3.05) is 23.0 Å². The van der Waals surface area contributed by atoms with Crippen LogP contribution in [0.1, 0.15) is 45.4 Å². The summed E-state index contributed by atoms with van der Waals surface area (Å²) in [5.74, 6) is 4.38. The smallest absolute Gasteiger partial charge is 0.303 e. The van der Waals surface area contributed by atoms with Crippen LogP contribution in [0.4, 0.5) is 0 Å². The summed E-state index contributed by atoms with van der Waals surface area (Å²) in [7, 11) is 0. The Hall–Kier alpha value is 0.170. The second-order valence-corrected chi connectivity index (χ2v) is 6.34. The lowest BCUT2D eigenvalue weighted by molar-refractivity contribution is -0.137. The molecule has 0 saturated heterocycles. The molecule has 0 radical (unpaired) electrons. The van der Waals surface area contributed by atoms with E-state index in [1.165, 1.54) is 42.3 Å². The predicted molar refractivity (Wildman–Crippen MR) is 75.7 cm³/mol. The molecule has 0 saturated carbocycles. The molecule has 0 aromatic carbocycles. The Balaban J connectivity index is 2.90. The number of aliphatic carboxylic acids is 1. The zero-order valence-corrected chi connectivity index (χ0v) is 11.9. The lowest BCUT2D eigenvalue weighted by Crippen LogP contribution is -1.93. The Kier molecular flexibility index (Phi) is 13.4. The number of hydrogen-bond acceptors (Lipinski definition) is 3. The highest BCUT2D eigenvalue weighted by Gasteiger charge is 1.96. The second kappa shape index (κ2) is 13.2. The quantitative estimate of drug-likeness (QED) is 0.542. The van der Waals surface area contributed by atoms with Crippen LogP contribution in [0.2, 0.25) is 0 Å². The summed E-state index contributed by atoms with van der Waals surface area (Å²) < 4.78 is 0. The van der Waals surface area contributed by atoms with Crippen molar-refractivity contribution in [1.29, 1.82) is 0 Å². The summed E-state index contributed by atoms with van der Waals surface area (Å²) in [6, 6.07) is 0. The molecule has 4 heteroatoms. The van der Waals surface area contributed by atoms with E-state index >= 15 is 0 Å². The number of carboxylic acid groups (broad SMARTS) is 1. The monoisotopic (exact) mass is 264 g/mol. The first kappa shape index (κ1) is 16.2. The lowest BCUT2D eigenvalue weighted by Gasteiger charge is -2.01. The highest BCUT2D eigenvalue weighted by atomic mass is 32.2. The van der Waals surface area contributed by atoms with Gasteiger partial charge in [0.2, 0.25) is 0 Å². The fourth-order valence-electron chi connectivity index (χ4n) is 1.37. The first-order chi connectivity index (χ1) is 7.77. The number of rotatable bonds is 12. The Morgan fingerprint density at radius 1 is 0.938 bits per heavy atom. The molecule has 0 atom stereocenters. The maximum absolute atomic E-state index is 10.3.